The summed E-state index contributed by atoms with van der Waals surface area (Å²) in [7, 11) is 0. The number of nitrogens with one attached hydrogen (secondary N) is 1. The van der Waals surface area contributed by atoms with Crippen molar-refractivity contribution in [2.24, 2.45) is 5.73 Å². The number of rotatable bonds is 5. The van der Waals surface area contributed by atoms with Gasteiger partial charge in [0.25, 0.3) is 0 Å². The Balaban J connectivity index is 2.81. The second-order valence-electron chi connectivity index (χ2n) is 4.48. The number of hydrogen-bond donors (Lipinski definition) is 3. The molecule has 6 heteroatoms. The monoisotopic (exact) mass is 268 g/mol. The molecule has 1 rings (SSSR count). The Morgan fingerprint density at radius 1 is 1.47 bits per heavy atom. The Hall–Kier alpha value is -1.95. The Morgan fingerprint density at radius 3 is 2.58 bits per heavy atom. The average Bonchev–Trinajstić information content (AvgIpc) is 2.32. The average molecular weight is 268 g/mol. The third-order valence-corrected chi connectivity index (χ3v) is 2.70. The van der Waals surface area contributed by atoms with Crippen molar-refractivity contribution in [1.29, 1.82) is 0 Å². The van der Waals surface area contributed by atoms with Gasteiger partial charge in [-0.05, 0) is 31.0 Å². The molecule has 2 atom stereocenters. The quantitative estimate of drug-likeness (QED) is 0.729. The Bertz CT molecular complexity index is 489. The summed E-state index contributed by atoms with van der Waals surface area (Å²) in [6, 6.07) is 2.55. The molecule has 0 spiro atoms. The van der Waals surface area contributed by atoms with E-state index in [1.54, 1.807) is 19.1 Å². The summed E-state index contributed by atoms with van der Waals surface area (Å²) in [5.74, 6) is -2.14. The van der Waals surface area contributed by atoms with Crippen molar-refractivity contribution in [3.05, 3.63) is 35.1 Å². The highest BCUT2D eigenvalue weighted by Crippen LogP contribution is 2.11. The first-order valence-corrected chi connectivity index (χ1v) is 5.85. The molecule has 4 N–H and O–H groups in total. The van der Waals surface area contributed by atoms with Gasteiger partial charge >= 0.3 is 5.97 Å². The van der Waals surface area contributed by atoms with E-state index in [1.165, 1.54) is 13.0 Å². The number of aryl methyl sites for hydroxylation is 1. The lowest BCUT2D eigenvalue weighted by Crippen LogP contribution is -2.48. The van der Waals surface area contributed by atoms with Gasteiger partial charge in [-0.15, -0.1) is 0 Å². The zero-order chi connectivity index (χ0) is 14.6. The Labute approximate surface area is 110 Å². The number of hydrogen-bond acceptors (Lipinski definition) is 3. The molecule has 0 aliphatic heterocycles. The van der Waals surface area contributed by atoms with Crippen LogP contribution in [0.3, 0.4) is 0 Å². The fourth-order valence-corrected chi connectivity index (χ4v) is 1.50. The summed E-state index contributed by atoms with van der Waals surface area (Å²) in [4.78, 5) is 22.5. The van der Waals surface area contributed by atoms with Crippen LogP contribution in [0.15, 0.2) is 18.2 Å². The van der Waals surface area contributed by atoms with Gasteiger partial charge in [0.15, 0.2) is 0 Å². The minimum Gasteiger partial charge on any atom is -0.480 e. The maximum absolute atomic E-state index is 13.4. The number of nitrogens with two attached hydrogens (primary N) is 1. The zero-order valence-corrected chi connectivity index (χ0v) is 10.8. The first kappa shape index (κ1) is 15.1. The molecule has 0 fully saturated rings. The lowest BCUT2D eigenvalue weighted by molar-refractivity contribution is -0.141. The molecule has 5 nitrogen and oxygen atoms in total. The number of amides is 1. The molecule has 1 unspecified atom stereocenters. The fraction of sp³-hybridized carbons (Fsp3) is 0.385. The van der Waals surface area contributed by atoms with Gasteiger partial charge in [-0.2, -0.15) is 0 Å². The lowest BCUT2D eigenvalue weighted by Gasteiger charge is -2.16. The number of halogens is 1. The van der Waals surface area contributed by atoms with Gasteiger partial charge in [0.2, 0.25) is 5.91 Å². The molecule has 1 aromatic carbocycles. The lowest BCUT2D eigenvalue weighted by atomic mass is 10.0. The van der Waals surface area contributed by atoms with Gasteiger partial charge in [-0.1, -0.05) is 12.1 Å². The Morgan fingerprint density at radius 2 is 2.11 bits per heavy atom. The van der Waals surface area contributed by atoms with Crippen molar-refractivity contribution in [3.63, 3.8) is 0 Å². The third-order valence-electron chi connectivity index (χ3n) is 2.70. The molecule has 0 heterocycles. The molecular formula is C13H17FN2O3. The van der Waals surface area contributed by atoms with Crippen molar-refractivity contribution in [2.45, 2.75) is 32.4 Å². The van der Waals surface area contributed by atoms with E-state index in [9.17, 15) is 14.0 Å². The molecular weight excluding hydrogens is 251 g/mol. The van der Waals surface area contributed by atoms with E-state index in [1.807, 2.05) is 0 Å². The molecule has 0 aromatic heterocycles. The van der Waals surface area contributed by atoms with Crippen molar-refractivity contribution in [2.75, 3.05) is 0 Å². The van der Waals surface area contributed by atoms with Crippen LogP contribution in [0.2, 0.25) is 0 Å². The topological polar surface area (TPSA) is 92.4 Å². The van der Waals surface area contributed by atoms with Crippen LogP contribution in [0, 0.1) is 12.7 Å². The highest BCUT2D eigenvalue weighted by Gasteiger charge is 2.22. The third kappa shape index (κ3) is 4.33. The van der Waals surface area contributed by atoms with Crippen LogP contribution < -0.4 is 11.1 Å². The van der Waals surface area contributed by atoms with Gasteiger partial charge in [0.05, 0.1) is 6.04 Å². The van der Waals surface area contributed by atoms with Gasteiger partial charge in [-0.3, -0.25) is 4.79 Å². The minimum absolute atomic E-state index is 0.00495. The van der Waals surface area contributed by atoms with Gasteiger partial charge in [0.1, 0.15) is 11.9 Å². The second kappa shape index (κ2) is 6.29. The summed E-state index contributed by atoms with van der Waals surface area (Å²) in [6.07, 6.45) is 0.00495. The highest BCUT2D eigenvalue weighted by atomic mass is 19.1. The van der Waals surface area contributed by atoms with Crippen LogP contribution in [0.5, 0.6) is 0 Å². The van der Waals surface area contributed by atoms with Crippen LogP contribution >= 0.6 is 0 Å². The number of carboxylic acids is 1. The van der Waals surface area contributed by atoms with Crippen molar-refractivity contribution in [1.82, 2.24) is 5.32 Å². The van der Waals surface area contributed by atoms with E-state index in [2.05, 4.69) is 5.32 Å². The first-order valence-electron chi connectivity index (χ1n) is 5.85. The number of aliphatic carboxylic acids is 1. The van der Waals surface area contributed by atoms with E-state index in [4.69, 9.17) is 10.8 Å². The van der Waals surface area contributed by atoms with Gasteiger partial charge in [0, 0.05) is 6.42 Å². The molecule has 1 amide bonds. The van der Waals surface area contributed by atoms with Crippen LogP contribution in [0.1, 0.15) is 18.1 Å². The number of carbonyl (C=O) groups is 2. The normalized spacial score (nSPS) is 13.7. The molecule has 104 valence electrons. The summed E-state index contributed by atoms with van der Waals surface area (Å²) in [6.45, 7) is 3.07. The molecule has 0 aliphatic rings. The maximum atomic E-state index is 13.4. The minimum atomic E-state index is -1.19. The van der Waals surface area contributed by atoms with Crippen LogP contribution in [-0.4, -0.2) is 29.1 Å². The molecule has 0 radical (unpaired) electrons. The number of carbonyl (C=O) groups excluding carboxylic acids is 1. The predicted octanol–water partition coefficient (Wildman–Crippen LogP) is 0.593. The second-order valence-corrected chi connectivity index (χ2v) is 4.48. The van der Waals surface area contributed by atoms with Gasteiger partial charge in [-0.25, -0.2) is 9.18 Å². The van der Waals surface area contributed by atoms with E-state index in [0.717, 1.165) is 0 Å². The van der Waals surface area contributed by atoms with Gasteiger partial charge < -0.3 is 16.2 Å². The van der Waals surface area contributed by atoms with E-state index in [0.29, 0.717) is 11.1 Å². The van der Waals surface area contributed by atoms with E-state index >= 15 is 0 Å². The first-order chi connectivity index (χ1) is 8.81. The molecule has 0 aliphatic carbocycles. The van der Waals surface area contributed by atoms with E-state index in [-0.39, 0.29) is 6.42 Å². The molecule has 0 saturated heterocycles. The molecule has 0 saturated carbocycles. The Kier molecular flexibility index (Phi) is 5.00. The summed E-state index contributed by atoms with van der Waals surface area (Å²) < 4.78 is 13.4. The van der Waals surface area contributed by atoms with Crippen LogP contribution in [-0.2, 0) is 16.0 Å². The SMILES string of the molecule is Cc1ccc(CC(NC(=O)[C@@H](C)N)C(=O)O)cc1F. The molecule has 19 heavy (non-hydrogen) atoms. The molecule has 1 aromatic rings. The van der Waals surface area contributed by atoms with E-state index < -0.39 is 29.8 Å². The predicted molar refractivity (Wildman–Crippen MR) is 68.1 cm³/mol. The number of benzene rings is 1. The zero-order valence-electron chi connectivity index (χ0n) is 10.8. The smallest absolute Gasteiger partial charge is 0.326 e. The summed E-state index contributed by atoms with van der Waals surface area (Å²) >= 11 is 0. The maximum Gasteiger partial charge on any atom is 0.326 e. The number of carboxylic acid groups (broad SMARTS) is 1. The van der Waals surface area contributed by atoms with Crippen LogP contribution in [0.25, 0.3) is 0 Å². The fourth-order valence-electron chi connectivity index (χ4n) is 1.50. The largest absolute Gasteiger partial charge is 0.480 e. The summed E-state index contributed by atoms with van der Waals surface area (Å²) in [5.41, 5.74) is 6.34. The van der Waals surface area contributed by atoms with Crippen molar-refractivity contribution < 1.29 is 19.1 Å². The highest BCUT2D eigenvalue weighted by molar-refractivity contribution is 5.86. The molecule has 0 bridgehead atoms. The standard InChI is InChI=1S/C13H17FN2O3/c1-7-3-4-9(5-10(7)14)6-11(13(18)19)16-12(17)8(2)15/h3-5,8,11H,6,15H2,1-2H3,(H,16,17)(H,18,19)/t8-,11?/m1/s1. The van der Waals surface area contributed by atoms with Crippen LogP contribution in [0.4, 0.5) is 4.39 Å². The van der Waals surface area contributed by atoms with Crippen molar-refractivity contribution in [3.8, 4) is 0 Å². The van der Waals surface area contributed by atoms with Crippen molar-refractivity contribution >= 4 is 11.9 Å². The summed E-state index contributed by atoms with van der Waals surface area (Å²) in [5, 5.41) is 11.4.